The number of aliphatic hydroxyl groups is 2. The highest BCUT2D eigenvalue weighted by atomic mass is 19.1. The fraction of sp³-hybridized carbons (Fsp3) is 0.692. The summed E-state index contributed by atoms with van der Waals surface area (Å²) < 4.78 is 21.2. The van der Waals surface area contributed by atoms with E-state index in [4.69, 9.17) is 10.5 Å². The van der Waals surface area contributed by atoms with E-state index in [1.807, 2.05) is 0 Å². The van der Waals surface area contributed by atoms with Crippen LogP contribution in [0, 0.1) is 12.8 Å². The lowest BCUT2D eigenvalue weighted by Gasteiger charge is -2.26. The maximum atomic E-state index is 14.7. The fourth-order valence-electron chi connectivity index (χ4n) is 3.76. The zero-order chi connectivity index (χ0) is 15.2. The molecule has 8 heteroatoms. The first kappa shape index (κ1) is 13.2. The van der Waals surface area contributed by atoms with Crippen LogP contribution in [0.25, 0.3) is 0 Å². The largest absolute Gasteiger partial charge is 0.387 e. The Balaban J connectivity index is 1.75. The van der Waals surface area contributed by atoms with Gasteiger partial charge >= 0.3 is 5.69 Å². The van der Waals surface area contributed by atoms with Crippen molar-refractivity contribution in [1.82, 2.24) is 9.55 Å². The quantitative estimate of drug-likeness (QED) is 0.629. The number of nitrogens with zero attached hydrogens (tertiary/aromatic N) is 2. The number of aryl methyl sites for hydroxylation is 1. The molecular formula is C13H16FN3O4. The number of alkyl halides is 1. The lowest BCUT2D eigenvalue weighted by Crippen LogP contribution is -2.47. The van der Waals surface area contributed by atoms with E-state index in [0.29, 0.717) is 12.0 Å². The number of hydrogen-bond acceptors (Lipinski definition) is 6. The van der Waals surface area contributed by atoms with Crippen LogP contribution in [0.5, 0.6) is 0 Å². The molecule has 3 fully saturated rings. The van der Waals surface area contributed by atoms with E-state index in [2.05, 4.69) is 4.98 Å². The monoisotopic (exact) mass is 297 g/mol. The molecule has 0 bridgehead atoms. The molecule has 2 heterocycles. The molecule has 2 saturated carbocycles. The van der Waals surface area contributed by atoms with Crippen molar-refractivity contribution in [3.8, 4) is 0 Å². The van der Waals surface area contributed by atoms with Gasteiger partial charge in [0.05, 0.1) is 5.60 Å². The molecule has 0 radical (unpaired) electrons. The predicted octanol–water partition coefficient (Wildman–Crippen LogP) is -0.745. The van der Waals surface area contributed by atoms with Crippen LogP contribution < -0.4 is 11.4 Å². The van der Waals surface area contributed by atoms with Gasteiger partial charge in [-0.05, 0) is 25.7 Å². The van der Waals surface area contributed by atoms with Crippen molar-refractivity contribution < 1.29 is 19.3 Å². The van der Waals surface area contributed by atoms with Crippen molar-refractivity contribution in [2.75, 3.05) is 5.73 Å². The molecule has 1 aliphatic heterocycles. The van der Waals surface area contributed by atoms with Crippen LogP contribution in [0.1, 0.15) is 24.6 Å². The predicted molar refractivity (Wildman–Crippen MR) is 69.1 cm³/mol. The van der Waals surface area contributed by atoms with E-state index in [1.54, 1.807) is 6.92 Å². The van der Waals surface area contributed by atoms with Crippen molar-refractivity contribution in [3.05, 3.63) is 22.2 Å². The molecule has 21 heavy (non-hydrogen) atoms. The number of rotatable bonds is 1. The minimum Gasteiger partial charge on any atom is -0.387 e. The van der Waals surface area contributed by atoms with Crippen LogP contribution in [-0.2, 0) is 4.74 Å². The number of anilines is 1. The second kappa shape index (κ2) is 3.63. The molecule has 4 N–H and O–H groups in total. The summed E-state index contributed by atoms with van der Waals surface area (Å²) in [6.07, 6.45) is -2.12. The molecule has 6 atom stereocenters. The third kappa shape index (κ3) is 1.47. The molecule has 2 aliphatic carbocycles. The van der Waals surface area contributed by atoms with Crippen molar-refractivity contribution in [2.24, 2.45) is 5.92 Å². The summed E-state index contributed by atoms with van der Waals surface area (Å²) in [7, 11) is 0. The van der Waals surface area contributed by atoms with Crippen LogP contribution in [0.4, 0.5) is 10.2 Å². The molecule has 0 aromatic carbocycles. The maximum Gasteiger partial charge on any atom is 0.351 e. The highest BCUT2D eigenvalue weighted by molar-refractivity contribution is 5.35. The van der Waals surface area contributed by atoms with E-state index in [-0.39, 0.29) is 18.2 Å². The second-order valence-electron chi connectivity index (χ2n) is 6.40. The van der Waals surface area contributed by atoms with Gasteiger partial charge in [-0.3, -0.25) is 4.57 Å². The zero-order valence-electron chi connectivity index (χ0n) is 11.4. The SMILES string of the molecule is Cc1cn([C@@H]2O[C@@H]3[C@@]4(O)C[C@H]4C[C@]3(O)[C@@H]2F)c(=O)nc1N. The van der Waals surface area contributed by atoms with Crippen molar-refractivity contribution in [3.63, 3.8) is 0 Å². The summed E-state index contributed by atoms with van der Waals surface area (Å²) in [6.45, 7) is 1.64. The Kier molecular flexibility index (Phi) is 2.28. The molecule has 114 valence electrons. The Labute approximate surface area is 119 Å². The van der Waals surface area contributed by atoms with Gasteiger partial charge in [0.15, 0.2) is 12.4 Å². The highest BCUT2D eigenvalue weighted by Gasteiger charge is 2.78. The summed E-state index contributed by atoms with van der Waals surface area (Å²) in [5.41, 5.74) is 2.39. The molecule has 0 unspecified atom stereocenters. The summed E-state index contributed by atoms with van der Waals surface area (Å²) in [6, 6.07) is 0. The number of nitrogens with two attached hydrogens (primary N) is 1. The van der Waals surface area contributed by atoms with Gasteiger partial charge in [-0.15, -0.1) is 0 Å². The van der Waals surface area contributed by atoms with Crippen LogP contribution in [-0.4, -0.2) is 43.2 Å². The molecule has 0 amide bonds. The zero-order valence-corrected chi connectivity index (χ0v) is 11.4. The van der Waals surface area contributed by atoms with Gasteiger partial charge in [0.25, 0.3) is 0 Å². The van der Waals surface area contributed by atoms with Crippen molar-refractivity contribution in [1.29, 1.82) is 0 Å². The number of fused-ring (bicyclic) bond motifs is 3. The molecular weight excluding hydrogens is 281 g/mol. The van der Waals surface area contributed by atoms with Crippen LogP contribution in [0.2, 0.25) is 0 Å². The van der Waals surface area contributed by atoms with E-state index in [0.717, 1.165) is 4.57 Å². The maximum absolute atomic E-state index is 14.7. The highest BCUT2D eigenvalue weighted by Crippen LogP contribution is 2.65. The van der Waals surface area contributed by atoms with Gasteiger partial charge in [-0.2, -0.15) is 4.98 Å². The molecule has 1 saturated heterocycles. The minimum absolute atomic E-state index is 0.0736. The van der Waals surface area contributed by atoms with Crippen LogP contribution in [0.15, 0.2) is 11.0 Å². The summed E-state index contributed by atoms with van der Waals surface area (Å²) in [5.74, 6) is -0.0563. The van der Waals surface area contributed by atoms with Gasteiger partial charge < -0.3 is 20.7 Å². The van der Waals surface area contributed by atoms with Gasteiger partial charge in [0.1, 0.15) is 17.5 Å². The number of aromatic nitrogens is 2. The Morgan fingerprint density at radius 1 is 1.48 bits per heavy atom. The molecule has 7 nitrogen and oxygen atoms in total. The van der Waals surface area contributed by atoms with Gasteiger partial charge in [0, 0.05) is 11.8 Å². The Morgan fingerprint density at radius 2 is 2.14 bits per heavy atom. The van der Waals surface area contributed by atoms with Crippen molar-refractivity contribution >= 4 is 5.82 Å². The average Bonchev–Trinajstić information content (AvgIpc) is 2.88. The first-order chi connectivity index (χ1) is 9.77. The second-order valence-corrected chi connectivity index (χ2v) is 6.40. The fourth-order valence-corrected chi connectivity index (χ4v) is 3.76. The van der Waals surface area contributed by atoms with Crippen molar-refractivity contribution in [2.45, 2.75) is 49.5 Å². The normalized spacial score (nSPS) is 47.2. The summed E-state index contributed by atoms with van der Waals surface area (Å²) >= 11 is 0. The van der Waals surface area contributed by atoms with E-state index in [9.17, 15) is 19.4 Å². The van der Waals surface area contributed by atoms with E-state index < -0.39 is 35.4 Å². The standard InChI is InChI=1S/C13H16FN3O4/c1-5-4-17(11(18)16-8(5)15)9-7(14)13(20)3-6-2-12(6,19)10(13)21-9/h4,6-7,9-10,19-20H,2-3H2,1H3,(H2,15,16,18)/t6-,7+,9+,10+,12+,13-/m0/s1. The molecule has 1 aromatic rings. The smallest absolute Gasteiger partial charge is 0.351 e. The first-order valence-electron chi connectivity index (χ1n) is 6.87. The lowest BCUT2D eigenvalue weighted by atomic mass is 9.91. The molecule has 4 rings (SSSR count). The minimum atomic E-state index is -1.80. The lowest BCUT2D eigenvalue weighted by molar-refractivity contribution is -0.108. The number of hydrogen-bond donors (Lipinski definition) is 3. The molecule has 0 spiro atoms. The molecule has 3 aliphatic rings. The van der Waals surface area contributed by atoms with E-state index >= 15 is 0 Å². The third-order valence-corrected chi connectivity index (χ3v) is 5.05. The topological polar surface area (TPSA) is 111 Å². The van der Waals surface area contributed by atoms with E-state index in [1.165, 1.54) is 6.20 Å². The Bertz CT molecular complexity index is 694. The number of nitrogen functional groups attached to an aromatic ring is 1. The Morgan fingerprint density at radius 3 is 2.81 bits per heavy atom. The summed E-state index contributed by atoms with van der Waals surface area (Å²) in [5, 5.41) is 20.8. The van der Waals surface area contributed by atoms with Gasteiger partial charge in [-0.1, -0.05) is 0 Å². The Hall–Kier alpha value is -1.51. The average molecular weight is 297 g/mol. The number of halogens is 1. The van der Waals surface area contributed by atoms with Gasteiger partial charge in [-0.25, -0.2) is 9.18 Å². The van der Waals surface area contributed by atoms with Gasteiger partial charge in [0.2, 0.25) is 0 Å². The summed E-state index contributed by atoms with van der Waals surface area (Å²) in [4.78, 5) is 15.5. The first-order valence-corrected chi connectivity index (χ1v) is 6.87. The van der Waals surface area contributed by atoms with Crippen LogP contribution >= 0.6 is 0 Å². The van der Waals surface area contributed by atoms with Crippen LogP contribution in [0.3, 0.4) is 0 Å². The number of ether oxygens (including phenoxy) is 1. The third-order valence-electron chi connectivity index (χ3n) is 5.05. The molecule has 1 aromatic heterocycles.